The lowest BCUT2D eigenvalue weighted by molar-refractivity contribution is -0.0790. The van der Waals surface area contributed by atoms with Crippen molar-refractivity contribution in [2.45, 2.75) is 50.8 Å². The van der Waals surface area contributed by atoms with Crippen LogP contribution < -0.4 is 5.73 Å². The molecule has 2 heterocycles. The van der Waals surface area contributed by atoms with Crippen LogP contribution in [-0.4, -0.2) is 49.0 Å². The van der Waals surface area contributed by atoms with Gasteiger partial charge in [-0.05, 0) is 45.4 Å². The standard InChI is InChI=1S/C14H27FN2O/c1-13(2)9-12(3-8-18-13)10-17-6-4-14(15,11-16)5-7-17/h12H,3-11,16H2,1-2H3/t12-/m0/s1. The zero-order valence-corrected chi connectivity index (χ0v) is 11.8. The van der Waals surface area contributed by atoms with Crippen molar-refractivity contribution in [1.29, 1.82) is 0 Å². The van der Waals surface area contributed by atoms with E-state index in [0.29, 0.717) is 18.8 Å². The Bertz CT molecular complexity index is 275. The number of piperidine rings is 1. The molecule has 0 aromatic heterocycles. The van der Waals surface area contributed by atoms with Gasteiger partial charge in [0.1, 0.15) is 5.67 Å². The molecule has 106 valence electrons. The van der Waals surface area contributed by atoms with E-state index in [-0.39, 0.29) is 12.1 Å². The molecular formula is C14H27FN2O. The van der Waals surface area contributed by atoms with Crippen LogP contribution in [0.4, 0.5) is 4.39 Å². The lowest BCUT2D eigenvalue weighted by atomic mass is 9.86. The van der Waals surface area contributed by atoms with Crippen molar-refractivity contribution >= 4 is 0 Å². The van der Waals surface area contributed by atoms with Gasteiger partial charge in [0.15, 0.2) is 0 Å². The minimum atomic E-state index is -1.11. The normalized spacial score (nSPS) is 32.3. The Hall–Kier alpha value is -0.190. The molecular weight excluding hydrogens is 231 g/mol. The predicted molar refractivity (Wildman–Crippen MR) is 71.3 cm³/mol. The highest BCUT2D eigenvalue weighted by Crippen LogP contribution is 2.31. The van der Waals surface area contributed by atoms with Crippen LogP contribution in [0.25, 0.3) is 0 Å². The quantitative estimate of drug-likeness (QED) is 0.841. The Morgan fingerprint density at radius 2 is 2.00 bits per heavy atom. The molecule has 0 aromatic rings. The van der Waals surface area contributed by atoms with Crippen LogP contribution in [0.1, 0.15) is 39.5 Å². The fourth-order valence-electron chi connectivity index (χ4n) is 3.22. The molecule has 2 N–H and O–H groups in total. The van der Waals surface area contributed by atoms with Gasteiger partial charge in [-0.2, -0.15) is 0 Å². The van der Waals surface area contributed by atoms with E-state index in [2.05, 4.69) is 18.7 Å². The van der Waals surface area contributed by atoms with Gasteiger partial charge >= 0.3 is 0 Å². The second kappa shape index (κ2) is 5.43. The van der Waals surface area contributed by atoms with Crippen LogP contribution >= 0.6 is 0 Å². The average Bonchev–Trinajstić information content (AvgIpc) is 2.31. The molecule has 2 rings (SSSR count). The molecule has 0 aliphatic carbocycles. The molecule has 2 saturated heterocycles. The van der Waals surface area contributed by atoms with Crippen LogP contribution in [0.15, 0.2) is 0 Å². The molecule has 2 aliphatic heterocycles. The number of likely N-dealkylation sites (tertiary alicyclic amines) is 1. The summed E-state index contributed by atoms with van der Waals surface area (Å²) in [7, 11) is 0. The lowest BCUT2D eigenvalue weighted by Gasteiger charge is -2.41. The minimum Gasteiger partial charge on any atom is -0.376 e. The van der Waals surface area contributed by atoms with Crippen molar-refractivity contribution in [2.75, 3.05) is 32.8 Å². The number of nitrogens with zero attached hydrogens (tertiary/aromatic N) is 1. The van der Waals surface area contributed by atoms with Crippen LogP contribution in [0.3, 0.4) is 0 Å². The van der Waals surface area contributed by atoms with Crippen LogP contribution in [-0.2, 0) is 4.74 Å². The molecule has 0 amide bonds. The van der Waals surface area contributed by atoms with E-state index >= 15 is 0 Å². The molecule has 4 heteroatoms. The number of nitrogens with two attached hydrogens (primary N) is 1. The Balaban J connectivity index is 1.78. The summed E-state index contributed by atoms with van der Waals surface area (Å²) in [4.78, 5) is 2.40. The van der Waals surface area contributed by atoms with E-state index in [1.807, 2.05) is 0 Å². The molecule has 18 heavy (non-hydrogen) atoms. The Morgan fingerprint density at radius 3 is 2.56 bits per heavy atom. The summed E-state index contributed by atoms with van der Waals surface area (Å²) < 4.78 is 19.7. The molecule has 2 aliphatic rings. The first-order valence-corrected chi connectivity index (χ1v) is 7.18. The highest BCUT2D eigenvalue weighted by molar-refractivity contribution is 4.88. The number of hydrogen-bond donors (Lipinski definition) is 1. The molecule has 2 fully saturated rings. The SMILES string of the molecule is CC1(C)C[C@@H](CN2CCC(F)(CN)CC2)CCO1. The summed E-state index contributed by atoms with van der Waals surface area (Å²) in [6.45, 7) is 8.16. The number of ether oxygens (including phenoxy) is 1. The molecule has 0 spiro atoms. The van der Waals surface area contributed by atoms with E-state index in [4.69, 9.17) is 10.5 Å². The van der Waals surface area contributed by atoms with E-state index in [1.54, 1.807) is 0 Å². The summed E-state index contributed by atoms with van der Waals surface area (Å²) >= 11 is 0. The minimum absolute atomic E-state index is 0.0137. The summed E-state index contributed by atoms with van der Waals surface area (Å²) in [6.07, 6.45) is 3.44. The summed E-state index contributed by atoms with van der Waals surface area (Å²) in [5.41, 5.74) is 4.40. The summed E-state index contributed by atoms with van der Waals surface area (Å²) in [5, 5.41) is 0. The topological polar surface area (TPSA) is 38.5 Å². The van der Waals surface area contributed by atoms with Gasteiger partial charge in [0.05, 0.1) is 5.60 Å². The monoisotopic (exact) mass is 258 g/mol. The highest BCUT2D eigenvalue weighted by atomic mass is 19.1. The van der Waals surface area contributed by atoms with Crippen LogP contribution in [0, 0.1) is 5.92 Å². The van der Waals surface area contributed by atoms with Gasteiger partial charge in [-0.25, -0.2) is 4.39 Å². The molecule has 0 saturated carbocycles. The number of hydrogen-bond acceptors (Lipinski definition) is 3. The summed E-state index contributed by atoms with van der Waals surface area (Å²) in [5.74, 6) is 0.693. The van der Waals surface area contributed by atoms with Gasteiger partial charge in [0.2, 0.25) is 0 Å². The van der Waals surface area contributed by atoms with Crippen molar-refractivity contribution in [1.82, 2.24) is 4.90 Å². The van der Waals surface area contributed by atoms with E-state index in [0.717, 1.165) is 39.1 Å². The summed E-state index contributed by atoms with van der Waals surface area (Å²) in [6, 6.07) is 0. The van der Waals surface area contributed by atoms with Gasteiger partial charge in [-0.3, -0.25) is 0 Å². The third-order valence-electron chi connectivity index (χ3n) is 4.43. The second-order valence-electron chi connectivity index (χ2n) is 6.62. The van der Waals surface area contributed by atoms with E-state index in [9.17, 15) is 4.39 Å². The Morgan fingerprint density at radius 1 is 1.33 bits per heavy atom. The number of rotatable bonds is 3. The van der Waals surface area contributed by atoms with Crippen LogP contribution in [0.5, 0.6) is 0 Å². The zero-order chi connectivity index (χ0) is 13.2. The molecule has 0 unspecified atom stereocenters. The fourth-order valence-corrected chi connectivity index (χ4v) is 3.22. The third kappa shape index (κ3) is 3.65. The van der Waals surface area contributed by atoms with Crippen molar-refractivity contribution in [3.8, 4) is 0 Å². The van der Waals surface area contributed by atoms with Gasteiger partial charge in [0.25, 0.3) is 0 Å². The first kappa shape index (κ1) is 14.2. The predicted octanol–water partition coefficient (Wildman–Crippen LogP) is 1.95. The third-order valence-corrected chi connectivity index (χ3v) is 4.43. The smallest absolute Gasteiger partial charge is 0.125 e. The molecule has 0 bridgehead atoms. The number of alkyl halides is 1. The largest absolute Gasteiger partial charge is 0.376 e. The second-order valence-corrected chi connectivity index (χ2v) is 6.62. The first-order chi connectivity index (χ1) is 8.42. The molecule has 3 nitrogen and oxygen atoms in total. The zero-order valence-electron chi connectivity index (χ0n) is 11.8. The van der Waals surface area contributed by atoms with Crippen LogP contribution in [0.2, 0.25) is 0 Å². The Kier molecular flexibility index (Phi) is 4.29. The van der Waals surface area contributed by atoms with Gasteiger partial charge < -0.3 is 15.4 Å². The van der Waals surface area contributed by atoms with E-state index in [1.165, 1.54) is 0 Å². The van der Waals surface area contributed by atoms with E-state index < -0.39 is 5.67 Å². The highest BCUT2D eigenvalue weighted by Gasteiger charge is 2.35. The lowest BCUT2D eigenvalue weighted by Crippen LogP contribution is -2.48. The molecule has 1 atom stereocenters. The number of halogens is 1. The van der Waals surface area contributed by atoms with Crippen molar-refractivity contribution in [3.63, 3.8) is 0 Å². The van der Waals surface area contributed by atoms with Crippen molar-refractivity contribution in [2.24, 2.45) is 11.7 Å². The molecule has 0 radical (unpaired) electrons. The van der Waals surface area contributed by atoms with Gasteiger partial charge in [-0.15, -0.1) is 0 Å². The van der Waals surface area contributed by atoms with Crippen molar-refractivity contribution in [3.05, 3.63) is 0 Å². The average molecular weight is 258 g/mol. The molecule has 0 aromatic carbocycles. The fraction of sp³-hybridized carbons (Fsp3) is 1.00. The first-order valence-electron chi connectivity index (χ1n) is 7.18. The van der Waals surface area contributed by atoms with Gasteiger partial charge in [0, 0.05) is 32.8 Å². The maximum atomic E-state index is 14.0. The van der Waals surface area contributed by atoms with Crippen molar-refractivity contribution < 1.29 is 9.13 Å². The van der Waals surface area contributed by atoms with Gasteiger partial charge in [-0.1, -0.05) is 0 Å². The maximum Gasteiger partial charge on any atom is 0.125 e. The Labute approximate surface area is 110 Å². The maximum absolute atomic E-state index is 14.0.